The first-order valence-electron chi connectivity index (χ1n) is 5.84. The number of likely N-dealkylation sites (tertiary alicyclic amines) is 1. The highest BCUT2D eigenvalue weighted by Crippen LogP contribution is 2.19. The van der Waals surface area contributed by atoms with Crippen molar-refractivity contribution < 1.29 is 15.0 Å². The van der Waals surface area contributed by atoms with Gasteiger partial charge in [0.05, 0.1) is 12.0 Å². The number of hydrogen-bond donors (Lipinski definition) is 2. The molecule has 2 atom stereocenters. The average Bonchev–Trinajstić information content (AvgIpc) is 2.30. The van der Waals surface area contributed by atoms with E-state index in [1.165, 1.54) is 5.56 Å². The molecule has 0 spiro atoms. The van der Waals surface area contributed by atoms with E-state index in [-0.39, 0.29) is 0 Å². The van der Waals surface area contributed by atoms with Crippen molar-refractivity contribution in [1.82, 2.24) is 4.90 Å². The highest BCUT2D eigenvalue weighted by atomic mass is 16.4. The standard InChI is InChI=1S/C13H17NO3/c15-12-9-14(7-6-11(12)13(16)17)8-10-4-2-1-3-5-10/h1-5,11-12,15H,6-9H2,(H,16,17). The number of carboxylic acids is 1. The van der Waals surface area contributed by atoms with Crippen LogP contribution in [0.5, 0.6) is 0 Å². The van der Waals surface area contributed by atoms with Crippen molar-refractivity contribution in [2.24, 2.45) is 5.92 Å². The lowest BCUT2D eigenvalue weighted by Gasteiger charge is -2.33. The first-order valence-corrected chi connectivity index (χ1v) is 5.84. The van der Waals surface area contributed by atoms with E-state index in [0.29, 0.717) is 13.0 Å². The Morgan fingerprint density at radius 2 is 2.06 bits per heavy atom. The zero-order valence-corrected chi connectivity index (χ0v) is 9.62. The van der Waals surface area contributed by atoms with Gasteiger partial charge >= 0.3 is 5.97 Å². The van der Waals surface area contributed by atoms with Crippen LogP contribution in [0.15, 0.2) is 30.3 Å². The minimum Gasteiger partial charge on any atom is -0.481 e. The second-order valence-electron chi connectivity index (χ2n) is 4.52. The van der Waals surface area contributed by atoms with Gasteiger partial charge in [-0.3, -0.25) is 9.69 Å². The Labute approximate surface area is 100 Å². The predicted octanol–water partition coefficient (Wildman–Crippen LogP) is 0.954. The van der Waals surface area contributed by atoms with Crippen molar-refractivity contribution in [1.29, 1.82) is 0 Å². The minimum atomic E-state index is -0.892. The molecule has 92 valence electrons. The van der Waals surface area contributed by atoms with Gasteiger partial charge in [-0.2, -0.15) is 0 Å². The van der Waals surface area contributed by atoms with Gasteiger partial charge in [-0.15, -0.1) is 0 Å². The van der Waals surface area contributed by atoms with Gasteiger partial charge in [-0.1, -0.05) is 30.3 Å². The fourth-order valence-electron chi connectivity index (χ4n) is 2.27. The fourth-order valence-corrected chi connectivity index (χ4v) is 2.27. The van der Waals surface area contributed by atoms with Crippen LogP contribution in [0.25, 0.3) is 0 Å². The molecule has 0 bridgehead atoms. The van der Waals surface area contributed by atoms with E-state index in [2.05, 4.69) is 4.90 Å². The third kappa shape index (κ3) is 3.05. The molecule has 2 unspecified atom stereocenters. The van der Waals surface area contributed by atoms with Crippen LogP contribution >= 0.6 is 0 Å². The number of benzene rings is 1. The molecule has 1 aliphatic heterocycles. The maximum absolute atomic E-state index is 10.9. The van der Waals surface area contributed by atoms with Gasteiger partial charge in [0, 0.05) is 13.1 Å². The van der Waals surface area contributed by atoms with Gasteiger partial charge in [0.2, 0.25) is 0 Å². The number of aliphatic hydroxyl groups excluding tert-OH is 1. The molecular formula is C13H17NO3. The van der Waals surface area contributed by atoms with Crippen LogP contribution in [0, 0.1) is 5.92 Å². The number of hydrogen-bond acceptors (Lipinski definition) is 3. The van der Waals surface area contributed by atoms with Gasteiger partial charge in [0.15, 0.2) is 0 Å². The van der Waals surface area contributed by atoms with E-state index in [0.717, 1.165) is 13.1 Å². The molecule has 1 fully saturated rings. The smallest absolute Gasteiger partial charge is 0.309 e. The van der Waals surface area contributed by atoms with Crippen molar-refractivity contribution in [3.05, 3.63) is 35.9 Å². The minimum absolute atomic E-state index is 0.436. The van der Waals surface area contributed by atoms with Crippen molar-refractivity contribution in [2.45, 2.75) is 19.1 Å². The van der Waals surface area contributed by atoms with E-state index in [1.54, 1.807) is 0 Å². The van der Waals surface area contributed by atoms with Crippen LogP contribution in [-0.4, -0.2) is 40.3 Å². The molecule has 0 saturated carbocycles. The summed E-state index contributed by atoms with van der Waals surface area (Å²) in [6.07, 6.45) is -0.242. The summed E-state index contributed by atoms with van der Waals surface area (Å²) < 4.78 is 0. The van der Waals surface area contributed by atoms with Crippen molar-refractivity contribution in [3.8, 4) is 0 Å². The summed E-state index contributed by atoms with van der Waals surface area (Å²) in [6, 6.07) is 10.0. The van der Waals surface area contributed by atoms with E-state index in [9.17, 15) is 9.90 Å². The zero-order valence-electron chi connectivity index (χ0n) is 9.62. The van der Waals surface area contributed by atoms with Crippen LogP contribution in [0.2, 0.25) is 0 Å². The lowest BCUT2D eigenvalue weighted by Crippen LogP contribution is -2.46. The summed E-state index contributed by atoms with van der Waals surface area (Å²) in [7, 11) is 0. The van der Waals surface area contributed by atoms with E-state index < -0.39 is 18.0 Å². The number of aliphatic carboxylic acids is 1. The summed E-state index contributed by atoms with van der Waals surface area (Å²) in [5, 5.41) is 18.7. The van der Waals surface area contributed by atoms with Crippen LogP contribution in [0.4, 0.5) is 0 Å². The molecule has 1 heterocycles. The number of β-amino-alcohol motifs (C(OH)–C–C–N with tert-alkyl or cyclic N) is 1. The van der Waals surface area contributed by atoms with Crippen LogP contribution in [0.3, 0.4) is 0 Å². The Morgan fingerprint density at radius 1 is 1.35 bits per heavy atom. The van der Waals surface area contributed by atoms with Crippen LogP contribution < -0.4 is 0 Å². The largest absolute Gasteiger partial charge is 0.481 e. The predicted molar refractivity (Wildman–Crippen MR) is 63.5 cm³/mol. The number of rotatable bonds is 3. The number of piperidine rings is 1. The molecule has 0 amide bonds. The van der Waals surface area contributed by atoms with Gasteiger partial charge in [0.1, 0.15) is 0 Å². The van der Waals surface area contributed by atoms with E-state index in [1.807, 2.05) is 30.3 Å². The average molecular weight is 235 g/mol. The fraction of sp³-hybridized carbons (Fsp3) is 0.462. The summed E-state index contributed by atoms with van der Waals surface area (Å²) in [5.41, 5.74) is 1.19. The normalized spacial score (nSPS) is 25.7. The molecule has 0 aliphatic carbocycles. The van der Waals surface area contributed by atoms with E-state index in [4.69, 9.17) is 5.11 Å². The molecule has 2 N–H and O–H groups in total. The molecule has 0 aromatic heterocycles. The molecule has 17 heavy (non-hydrogen) atoms. The monoisotopic (exact) mass is 235 g/mol. The molecule has 1 aromatic rings. The number of carboxylic acid groups (broad SMARTS) is 1. The summed E-state index contributed by atoms with van der Waals surface area (Å²) >= 11 is 0. The summed E-state index contributed by atoms with van der Waals surface area (Å²) in [5.74, 6) is -1.50. The Balaban J connectivity index is 1.92. The second kappa shape index (κ2) is 5.29. The first-order chi connectivity index (χ1) is 8.16. The van der Waals surface area contributed by atoms with Crippen molar-refractivity contribution in [2.75, 3.05) is 13.1 Å². The lowest BCUT2D eigenvalue weighted by molar-refractivity contribution is -0.148. The molecule has 4 nitrogen and oxygen atoms in total. The van der Waals surface area contributed by atoms with Crippen LogP contribution in [-0.2, 0) is 11.3 Å². The Morgan fingerprint density at radius 3 is 2.65 bits per heavy atom. The maximum Gasteiger partial charge on any atom is 0.309 e. The van der Waals surface area contributed by atoms with Gasteiger partial charge < -0.3 is 10.2 Å². The third-order valence-electron chi connectivity index (χ3n) is 3.23. The highest BCUT2D eigenvalue weighted by Gasteiger charge is 2.32. The molecule has 1 saturated heterocycles. The number of carbonyl (C=O) groups is 1. The molecule has 2 rings (SSSR count). The van der Waals surface area contributed by atoms with Crippen LogP contribution in [0.1, 0.15) is 12.0 Å². The third-order valence-corrected chi connectivity index (χ3v) is 3.23. The van der Waals surface area contributed by atoms with Gasteiger partial charge in [0.25, 0.3) is 0 Å². The number of aliphatic hydroxyl groups is 1. The maximum atomic E-state index is 10.9. The molecule has 4 heteroatoms. The second-order valence-corrected chi connectivity index (χ2v) is 4.52. The van der Waals surface area contributed by atoms with Gasteiger partial charge in [-0.05, 0) is 18.5 Å². The quantitative estimate of drug-likeness (QED) is 0.819. The van der Waals surface area contributed by atoms with Gasteiger partial charge in [-0.25, -0.2) is 0 Å². The van der Waals surface area contributed by atoms with Crippen molar-refractivity contribution in [3.63, 3.8) is 0 Å². The number of nitrogens with zero attached hydrogens (tertiary/aromatic N) is 1. The van der Waals surface area contributed by atoms with E-state index >= 15 is 0 Å². The molecule has 1 aromatic carbocycles. The SMILES string of the molecule is O=C(O)C1CCN(Cc2ccccc2)CC1O. The summed E-state index contributed by atoms with van der Waals surface area (Å²) in [4.78, 5) is 12.9. The lowest BCUT2D eigenvalue weighted by atomic mass is 9.94. The molecule has 1 aliphatic rings. The zero-order chi connectivity index (χ0) is 12.3. The Bertz CT molecular complexity index is 380. The molecule has 0 radical (unpaired) electrons. The first kappa shape index (κ1) is 12.1. The Hall–Kier alpha value is -1.39. The van der Waals surface area contributed by atoms with Crippen molar-refractivity contribution >= 4 is 5.97 Å². The topological polar surface area (TPSA) is 60.8 Å². The highest BCUT2D eigenvalue weighted by molar-refractivity contribution is 5.70. The molecular weight excluding hydrogens is 218 g/mol. The summed E-state index contributed by atoms with van der Waals surface area (Å²) in [6.45, 7) is 1.93. The Kier molecular flexibility index (Phi) is 3.76.